The second-order valence-corrected chi connectivity index (χ2v) is 7.07. The minimum atomic E-state index is -0.00621. The van der Waals surface area contributed by atoms with Gasteiger partial charge >= 0.3 is 0 Å². The zero-order chi connectivity index (χ0) is 18.7. The molecule has 144 valence electrons. The van der Waals surface area contributed by atoms with E-state index in [0.717, 1.165) is 49.7 Å². The summed E-state index contributed by atoms with van der Waals surface area (Å²) in [5.74, 6) is 2.27. The number of phenols is 1. The van der Waals surface area contributed by atoms with Crippen molar-refractivity contribution in [3.63, 3.8) is 0 Å². The maximum Gasteiger partial charge on any atom is 0.231 e. The van der Waals surface area contributed by atoms with Crippen LogP contribution in [-0.2, 0) is 16.7 Å². The van der Waals surface area contributed by atoms with Crippen molar-refractivity contribution in [2.75, 3.05) is 33.7 Å². The van der Waals surface area contributed by atoms with Crippen molar-refractivity contribution in [1.82, 2.24) is 5.32 Å². The van der Waals surface area contributed by atoms with Gasteiger partial charge in [-0.05, 0) is 48.2 Å². The third kappa shape index (κ3) is 3.68. The maximum atomic E-state index is 9.96. The Morgan fingerprint density at radius 2 is 1.89 bits per heavy atom. The lowest BCUT2D eigenvalue weighted by Crippen LogP contribution is -2.42. The first-order valence-corrected chi connectivity index (χ1v) is 9.25. The molecule has 4 rings (SSSR count). The van der Waals surface area contributed by atoms with Gasteiger partial charge in [-0.2, -0.15) is 0 Å². The summed E-state index contributed by atoms with van der Waals surface area (Å²) < 4.78 is 21.7. The van der Waals surface area contributed by atoms with Gasteiger partial charge in [0.1, 0.15) is 0 Å². The standard InChI is InChI=1S/C21H25NO5/c1-24-18-4-2-15(10-17(18)23)12-22-13-21(6-8-25-9-7-21)16-3-5-19-20(11-16)27-14-26-19/h2-5,10-11,22-23H,6-9,12-14H2,1H3. The summed E-state index contributed by atoms with van der Waals surface area (Å²) in [6.45, 7) is 3.28. The Kier molecular flexibility index (Phi) is 5.09. The monoisotopic (exact) mass is 371 g/mol. The minimum Gasteiger partial charge on any atom is -0.504 e. The van der Waals surface area contributed by atoms with E-state index in [9.17, 15) is 5.11 Å². The summed E-state index contributed by atoms with van der Waals surface area (Å²) in [5.41, 5.74) is 2.26. The molecule has 6 heteroatoms. The molecule has 0 bridgehead atoms. The Bertz CT molecular complexity index is 801. The fourth-order valence-corrected chi connectivity index (χ4v) is 3.85. The van der Waals surface area contributed by atoms with Gasteiger partial charge in [0, 0.05) is 31.7 Å². The highest BCUT2D eigenvalue weighted by Crippen LogP contribution is 2.40. The first kappa shape index (κ1) is 17.9. The van der Waals surface area contributed by atoms with Crippen LogP contribution < -0.4 is 19.5 Å². The number of ether oxygens (including phenoxy) is 4. The lowest BCUT2D eigenvalue weighted by Gasteiger charge is -2.38. The number of phenolic OH excluding ortho intramolecular Hbond substituents is 1. The second-order valence-electron chi connectivity index (χ2n) is 7.07. The zero-order valence-corrected chi connectivity index (χ0v) is 15.5. The molecule has 0 atom stereocenters. The number of hydrogen-bond acceptors (Lipinski definition) is 6. The molecule has 2 aliphatic heterocycles. The molecule has 0 radical (unpaired) electrons. The fraction of sp³-hybridized carbons (Fsp3) is 0.429. The fourth-order valence-electron chi connectivity index (χ4n) is 3.85. The summed E-state index contributed by atoms with van der Waals surface area (Å²) >= 11 is 0. The molecular formula is C21H25NO5. The van der Waals surface area contributed by atoms with Gasteiger partial charge < -0.3 is 29.4 Å². The molecule has 2 heterocycles. The molecule has 0 unspecified atom stereocenters. The Balaban J connectivity index is 1.48. The van der Waals surface area contributed by atoms with Gasteiger partial charge in [0.15, 0.2) is 23.0 Å². The smallest absolute Gasteiger partial charge is 0.231 e. The quantitative estimate of drug-likeness (QED) is 0.814. The lowest BCUT2D eigenvalue weighted by molar-refractivity contribution is 0.0497. The number of nitrogens with one attached hydrogen (secondary N) is 1. The SMILES string of the molecule is COc1ccc(CNCC2(c3ccc4c(c3)OCO4)CCOCC2)cc1O. The first-order chi connectivity index (χ1) is 13.2. The summed E-state index contributed by atoms with van der Waals surface area (Å²) in [7, 11) is 1.55. The topological polar surface area (TPSA) is 69.2 Å². The zero-order valence-electron chi connectivity index (χ0n) is 15.5. The molecule has 1 fully saturated rings. The van der Waals surface area contributed by atoms with E-state index in [-0.39, 0.29) is 18.0 Å². The highest BCUT2D eigenvalue weighted by Gasteiger charge is 2.35. The van der Waals surface area contributed by atoms with Crippen molar-refractivity contribution in [3.05, 3.63) is 47.5 Å². The highest BCUT2D eigenvalue weighted by atomic mass is 16.7. The van der Waals surface area contributed by atoms with E-state index in [2.05, 4.69) is 17.4 Å². The van der Waals surface area contributed by atoms with Crippen LogP contribution in [0.2, 0.25) is 0 Å². The van der Waals surface area contributed by atoms with Gasteiger partial charge in [0.25, 0.3) is 0 Å². The number of hydrogen-bond donors (Lipinski definition) is 2. The third-order valence-corrected chi connectivity index (χ3v) is 5.47. The van der Waals surface area contributed by atoms with Crippen molar-refractivity contribution in [3.8, 4) is 23.0 Å². The average molecular weight is 371 g/mol. The van der Waals surface area contributed by atoms with Crippen LogP contribution in [0.1, 0.15) is 24.0 Å². The number of benzene rings is 2. The number of aromatic hydroxyl groups is 1. The van der Waals surface area contributed by atoms with E-state index in [1.54, 1.807) is 19.2 Å². The summed E-state index contributed by atoms with van der Waals surface area (Å²) in [5, 5.41) is 13.5. The third-order valence-electron chi connectivity index (χ3n) is 5.47. The first-order valence-electron chi connectivity index (χ1n) is 9.25. The van der Waals surface area contributed by atoms with Crippen molar-refractivity contribution >= 4 is 0 Å². The van der Waals surface area contributed by atoms with Gasteiger partial charge in [0.2, 0.25) is 6.79 Å². The van der Waals surface area contributed by atoms with Crippen molar-refractivity contribution in [1.29, 1.82) is 0 Å². The predicted molar refractivity (Wildman–Crippen MR) is 101 cm³/mol. The van der Waals surface area contributed by atoms with Crippen LogP contribution in [0, 0.1) is 0 Å². The molecule has 6 nitrogen and oxygen atoms in total. The molecule has 0 aromatic heterocycles. The molecule has 2 aromatic rings. The minimum absolute atomic E-state index is 0.00621. The van der Waals surface area contributed by atoms with Crippen LogP contribution in [0.5, 0.6) is 23.0 Å². The van der Waals surface area contributed by atoms with E-state index >= 15 is 0 Å². The van der Waals surface area contributed by atoms with E-state index in [0.29, 0.717) is 12.3 Å². The van der Waals surface area contributed by atoms with Crippen LogP contribution in [-0.4, -0.2) is 38.8 Å². The van der Waals surface area contributed by atoms with Crippen molar-refractivity contribution < 1.29 is 24.1 Å². The number of rotatable bonds is 6. The van der Waals surface area contributed by atoms with E-state index in [1.165, 1.54) is 5.56 Å². The average Bonchev–Trinajstić information content (AvgIpc) is 3.17. The second kappa shape index (κ2) is 7.66. The number of fused-ring (bicyclic) bond motifs is 1. The number of methoxy groups -OCH3 is 1. The van der Waals surface area contributed by atoms with E-state index < -0.39 is 0 Å². The van der Waals surface area contributed by atoms with Crippen molar-refractivity contribution in [2.24, 2.45) is 0 Å². The summed E-state index contributed by atoms with van der Waals surface area (Å²) in [4.78, 5) is 0. The molecule has 0 saturated carbocycles. The van der Waals surface area contributed by atoms with Gasteiger partial charge in [-0.1, -0.05) is 12.1 Å². The van der Waals surface area contributed by atoms with Crippen LogP contribution in [0.4, 0.5) is 0 Å². The largest absolute Gasteiger partial charge is 0.504 e. The summed E-state index contributed by atoms with van der Waals surface area (Å²) in [6.07, 6.45) is 1.90. The Morgan fingerprint density at radius 1 is 1.07 bits per heavy atom. The van der Waals surface area contributed by atoms with Crippen LogP contribution in [0.15, 0.2) is 36.4 Å². The summed E-state index contributed by atoms with van der Waals surface area (Å²) in [6, 6.07) is 11.7. The Labute approximate surface area is 159 Å². The highest BCUT2D eigenvalue weighted by molar-refractivity contribution is 5.47. The maximum absolute atomic E-state index is 9.96. The Morgan fingerprint density at radius 3 is 2.67 bits per heavy atom. The van der Waals surface area contributed by atoms with E-state index in [1.807, 2.05) is 12.1 Å². The predicted octanol–water partition coefficient (Wildman–Crippen LogP) is 2.97. The molecule has 1 saturated heterocycles. The van der Waals surface area contributed by atoms with E-state index in [4.69, 9.17) is 18.9 Å². The molecule has 0 aliphatic carbocycles. The van der Waals surface area contributed by atoms with Gasteiger partial charge in [-0.3, -0.25) is 0 Å². The van der Waals surface area contributed by atoms with Crippen LogP contribution >= 0.6 is 0 Å². The molecule has 0 amide bonds. The van der Waals surface area contributed by atoms with Gasteiger partial charge in [0.05, 0.1) is 7.11 Å². The normalized spacial score (nSPS) is 17.7. The molecule has 2 aromatic carbocycles. The van der Waals surface area contributed by atoms with Crippen LogP contribution in [0.25, 0.3) is 0 Å². The molecule has 2 N–H and O–H groups in total. The van der Waals surface area contributed by atoms with Gasteiger partial charge in [-0.15, -0.1) is 0 Å². The molecular weight excluding hydrogens is 346 g/mol. The lowest BCUT2D eigenvalue weighted by atomic mass is 9.74. The molecule has 2 aliphatic rings. The Hall–Kier alpha value is -2.44. The molecule has 0 spiro atoms. The van der Waals surface area contributed by atoms with Crippen molar-refractivity contribution in [2.45, 2.75) is 24.8 Å². The molecule has 27 heavy (non-hydrogen) atoms. The van der Waals surface area contributed by atoms with Crippen LogP contribution in [0.3, 0.4) is 0 Å². The van der Waals surface area contributed by atoms with Gasteiger partial charge in [-0.25, -0.2) is 0 Å².